The summed E-state index contributed by atoms with van der Waals surface area (Å²) in [6.45, 7) is 7.85. The van der Waals surface area contributed by atoms with E-state index in [1.54, 1.807) is 4.90 Å². The van der Waals surface area contributed by atoms with Crippen LogP contribution in [0.5, 0.6) is 0 Å². The molecule has 2 aliphatic heterocycles. The number of nitrogens with zero attached hydrogens (tertiary/aromatic N) is 2. The van der Waals surface area contributed by atoms with Gasteiger partial charge in [0.05, 0.1) is 11.4 Å². The van der Waals surface area contributed by atoms with Crippen LogP contribution in [0.2, 0.25) is 0 Å². The first-order valence-corrected chi connectivity index (χ1v) is 9.21. The van der Waals surface area contributed by atoms with Crippen molar-refractivity contribution < 1.29 is 9.59 Å². The monoisotopic (exact) mass is 344 g/mol. The molecular weight excluding hydrogens is 316 g/mol. The highest BCUT2D eigenvalue weighted by atomic mass is 16.2. The number of nitrogens with one attached hydrogen (secondary N) is 2. The van der Waals surface area contributed by atoms with Gasteiger partial charge in [-0.15, -0.1) is 0 Å². The zero-order chi connectivity index (χ0) is 17.8. The van der Waals surface area contributed by atoms with E-state index in [-0.39, 0.29) is 11.9 Å². The number of para-hydroxylation sites is 2. The van der Waals surface area contributed by atoms with Crippen molar-refractivity contribution in [3.8, 4) is 0 Å². The minimum Gasteiger partial charge on any atom is -0.337 e. The van der Waals surface area contributed by atoms with Crippen LogP contribution in [0.4, 0.5) is 16.2 Å². The Bertz CT molecular complexity index is 626. The lowest BCUT2D eigenvalue weighted by atomic mass is 10.1. The number of fused-ring (bicyclic) bond motifs is 1. The summed E-state index contributed by atoms with van der Waals surface area (Å²) in [5.74, 6) is 0.952. The molecule has 1 atom stereocenters. The molecule has 0 bridgehead atoms. The van der Waals surface area contributed by atoms with E-state index in [1.807, 2.05) is 43.0 Å². The van der Waals surface area contributed by atoms with E-state index in [4.69, 9.17) is 0 Å². The van der Waals surface area contributed by atoms with Gasteiger partial charge in [-0.3, -0.25) is 9.69 Å². The molecule has 136 valence electrons. The van der Waals surface area contributed by atoms with E-state index in [1.165, 1.54) is 0 Å². The predicted molar refractivity (Wildman–Crippen MR) is 100.0 cm³/mol. The number of carbonyl (C=O) groups is 2. The van der Waals surface area contributed by atoms with Gasteiger partial charge in [0.25, 0.3) is 0 Å². The maximum Gasteiger partial charge on any atom is 0.322 e. The molecule has 1 aromatic rings. The van der Waals surface area contributed by atoms with Crippen molar-refractivity contribution in [2.45, 2.75) is 26.7 Å². The second-order valence-corrected chi connectivity index (χ2v) is 7.33. The van der Waals surface area contributed by atoms with Crippen molar-refractivity contribution in [1.29, 1.82) is 0 Å². The molecule has 6 heteroatoms. The van der Waals surface area contributed by atoms with E-state index in [0.29, 0.717) is 37.9 Å². The molecule has 2 N–H and O–H groups in total. The Balaban J connectivity index is 1.71. The highest BCUT2D eigenvalue weighted by Gasteiger charge is 2.30. The average molecular weight is 344 g/mol. The Morgan fingerprint density at radius 1 is 1.20 bits per heavy atom. The first kappa shape index (κ1) is 17.7. The largest absolute Gasteiger partial charge is 0.337 e. The third kappa shape index (κ3) is 4.12. The Morgan fingerprint density at radius 3 is 2.52 bits per heavy atom. The highest BCUT2D eigenvalue weighted by molar-refractivity contribution is 6.03. The smallest absolute Gasteiger partial charge is 0.322 e. The van der Waals surface area contributed by atoms with Crippen LogP contribution in [0.15, 0.2) is 24.3 Å². The fourth-order valence-corrected chi connectivity index (χ4v) is 3.51. The molecule has 3 amide bonds. The number of hydrogen-bond donors (Lipinski definition) is 2. The number of rotatable bonds is 4. The quantitative estimate of drug-likeness (QED) is 0.880. The molecule has 25 heavy (non-hydrogen) atoms. The molecule has 0 aromatic heterocycles. The summed E-state index contributed by atoms with van der Waals surface area (Å²) >= 11 is 0. The number of carbonyl (C=O) groups excluding carboxylic acids is 2. The highest BCUT2D eigenvalue weighted by Crippen LogP contribution is 2.33. The van der Waals surface area contributed by atoms with E-state index < -0.39 is 0 Å². The average Bonchev–Trinajstić information content (AvgIpc) is 3.11. The number of hydrogen-bond acceptors (Lipinski definition) is 3. The van der Waals surface area contributed by atoms with Gasteiger partial charge in [-0.25, -0.2) is 4.79 Å². The van der Waals surface area contributed by atoms with Crippen molar-refractivity contribution in [2.75, 3.05) is 42.5 Å². The Morgan fingerprint density at radius 2 is 1.88 bits per heavy atom. The van der Waals surface area contributed by atoms with Gasteiger partial charge in [0.1, 0.15) is 0 Å². The summed E-state index contributed by atoms with van der Waals surface area (Å²) in [5, 5.41) is 6.37. The summed E-state index contributed by atoms with van der Waals surface area (Å²) in [4.78, 5) is 28.8. The molecule has 3 rings (SSSR count). The van der Waals surface area contributed by atoms with Gasteiger partial charge in [0, 0.05) is 26.1 Å². The molecule has 1 aromatic carbocycles. The third-order valence-electron chi connectivity index (χ3n) is 4.84. The Kier molecular flexibility index (Phi) is 5.58. The van der Waals surface area contributed by atoms with Crippen LogP contribution in [0.3, 0.4) is 0 Å². The number of urea groups is 1. The molecule has 0 radical (unpaired) electrons. The molecule has 2 heterocycles. The van der Waals surface area contributed by atoms with Gasteiger partial charge in [-0.05, 0) is 43.5 Å². The second kappa shape index (κ2) is 7.87. The molecule has 0 saturated carbocycles. The van der Waals surface area contributed by atoms with Crippen molar-refractivity contribution in [1.82, 2.24) is 10.6 Å². The lowest BCUT2D eigenvalue weighted by Crippen LogP contribution is -2.50. The first-order valence-electron chi connectivity index (χ1n) is 9.21. The Hall–Kier alpha value is -2.08. The number of anilines is 2. The van der Waals surface area contributed by atoms with Gasteiger partial charge >= 0.3 is 6.03 Å². The summed E-state index contributed by atoms with van der Waals surface area (Å²) < 4.78 is 0. The molecular formula is C19H28N4O2. The molecule has 1 unspecified atom stereocenters. The maximum atomic E-state index is 12.7. The zero-order valence-electron chi connectivity index (χ0n) is 15.1. The van der Waals surface area contributed by atoms with E-state index in [2.05, 4.69) is 10.6 Å². The van der Waals surface area contributed by atoms with Gasteiger partial charge in [-0.1, -0.05) is 26.0 Å². The van der Waals surface area contributed by atoms with Crippen molar-refractivity contribution >= 4 is 23.3 Å². The number of benzene rings is 1. The molecule has 0 spiro atoms. The SMILES string of the molecule is CC(C)CC(=O)N1CCN(C(=O)NCC2CCNC2)c2ccccc21. The third-order valence-corrected chi connectivity index (χ3v) is 4.84. The molecule has 2 aliphatic rings. The maximum absolute atomic E-state index is 12.7. The summed E-state index contributed by atoms with van der Waals surface area (Å²) in [7, 11) is 0. The fourth-order valence-electron chi connectivity index (χ4n) is 3.51. The van der Waals surface area contributed by atoms with Crippen LogP contribution in [-0.2, 0) is 4.79 Å². The topological polar surface area (TPSA) is 64.7 Å². The Labute approximate surface area is 149 Å². The minimum absolute atomic E-state index is 0.0738. The summed E-state index contributed by atoms with van der Waals surface area (Å²) in [5.41, 5.74) is 1.64. The second-order valence-electron chi connectivity index (χ2n) is 7.33. The van der Waals surface area contributed by atoms with Gasteiger partial charge in [0.2, 0.25) is 5.91 Å². The molecule has 1 fully saturated rings. The van der Waals surface area contributed by atoms with Crippen LogP contribution in [-0.4, -0.2) is 44.7 Å². The van der Waals surface area contributed by atoms with Crippen molar-refractivity contribution in [3.63, 3.8) is 0 Å². The predicted octanol–water partition coefficient (Wildman–Crippen LogP) is 2.20. The molecule has 6 nitrogen and oxygen atoms in total. The summed E-state index contributed by atoms with van der Waals surface area (Å²) in [6, 6.07) is 7.60. The fraction of sp³-hybridized carbons (Fsp3) is 0.579. The summed E-state index contributed by atoms with van der Waals surface area (Å²) in [6.07, 6.45) is 1.63. The van der Waals surface area contributed by atoms with Crippen molar-refractivity contribution in [2.24, 2.45) is 11.8 Å². The standard InChI is InChI=1S/C19H28N4O2/c1-14(2)11-18(24)22-9-10-23(17-6-4-3-5-16(17)22)19(25)21-13-15-7-8-20-12-15/h3-6,14-15,20H,7-13H2,1-2H3,(H,21,25). The molecule has 0 aliphatic carbocycles. The van der Waals surface area contributed by atoms with Crippen molar-refractivity contribution in [3.05, 3.63) is 24.3 Å². The van der Waals surface area contributed by atoms with Crippen LogP contribution in [0, 0.1) is 11.8 Å². The van der Waals surface area contributed by atoms with Gasteiger partial charge in [-0.2, -0.15) is 0 Å². The molecule has 1 saturated heterocycles. The van der Waals surface area contributed by atoms with Crippen LogP contribution in [0.25, 0.3) is 0 Å². The minimum atomic E-state index is -0.0738. The lowest BCUT2D eigenvalue weighted by molar-refractivity contribution is -0.119. The van der Waals surface area contributed by atoms with Gasteiger partial charge < -0.3 is 15.5 Å². The lowest BCUT2D eigenvalue weighted by Gasteiger charge is -2.37. The van der Waals surface area contributed by atoms with E-state index in [9.17, 15) is 9.59 Å². The first-order chi connectivity index (χ1) is 12.1. The number of amides is 3. The van der Waals surface area contributed by atoms with E-state index >= 15 is 0 Å². The zero-order valence-corrected chi connectivity index (χ0v) is 15.1. The van der Waals surface area contributed by atoms with E-state index in [0.717, 1.165) is 30.9 Å². The van der Waals surface area contributed by atoms with Crippen LogP contribution >= 0.6 is 0 Å². The van der Waals surface area contributed by atoms with Gasteiger partial charge in [0.15, 0.2) is 0 Å². The van der Waals surface area contributed by atoms with Crippen LogP contribution < -0.4 is 20.4 Å². The van der Waals surface area contributed by atoms with Crippen LogP contribution in [0.1, 0.15) is 26.7 Å². The normalized spacial score (nSPS) is 19.9.